The Balaban J connectivity index is 1.31. The van der Waals surface area contributed by atoms with Crippen molar-refractivity contribution in [1.82, 2.24) is 5.32 Å². The third kappa shape index (κ3) is 5.17. The van der Waals surface area contributed by atoms with E-state index in [1.807, 2.05) is 12.1 Å². The van der Waals surface area contributed by atoms with Gasteiger partial charge in [0.15, 0.2) is 0 Å². The van der Waals surface area contributed by atoms with Crippen LogP contribution >= 0.6 is 0 Å². The van der Waals surface area contributed by atoms with Gasteiger partial charge in [0, 0.05) is 23.2 Å². The van der Waals surface area contributed by atoms with Gasteiger partial charge in [-0.3, -0.25) is 4.79 Å². The van der Waals surface area contributed by atoms with Crippen LogP contribution in [0.5, 0.6) is 0 Å². The van der Waals surface area contributed by atoms with Crippen LogP contribution in [0.4, 0.5) is 10.5 Å². The monoisotopic (exact) mass is 429 g/mol. The standard InChI is InChI=1S/C21H23N3O5S/c22-30(27,28)17-3-1-2-15(10-17)20(25)23-16-8-6-14(7-9-16)18-11-19(18)24-21(26)29-12-13-4-5-13/h1-3,6-10,13,18-19H,4-5,11-12H2,(H,23,25)(H,24,26)(H2,22,27,28)/t18-,19+/m0/s1. The first-order chi connectivity index (χ1) is 14.3. The zero-order valence-electron chi connectivity index (χ0n) is 16.2. The zero-order chi connectivity index (χ0) is 21.3. The second kappa shape index (κ2) is 8.08. The molecule has 2 aliphatic rings. The van der Waals surface area contributed by atoms with Gasteiger partial charge in [0.1, 0.15) is 0 Å². The molecule has 30 heavy (non-hydrogen) atoms. The molecule has 9 heteroatoms. The Labute approximate surface area is 174 Å². The lowest BCUT2D eigenvalue weighted by atomic mass is 10.1. The van der Waals surface area contributed by atoms with Crippen molar-refractivity contribution >= 4 is 27.7 Å². The number of benzene rings is 2. The highest BCUT2D eigenvalue weighted by Crippen LogP contribution is 2.41. The number of nitrogens with two attached hydrogens (primary N) is 1. The number of amides is 2. The summed E-state index contributed by atoms with van der Waals surface area (Å²) in [6.45, 7) is 0.498. The van der Waals surface area contributed by atoms with Gasteiger partial charge in [-0.05, 0) is 61.1 Å². The SMILES string of the molecule is NS(=O)(=O)c1cccc(C(=O)Nc2ccc([C@@H]3C[C@H]3NC(=O)OCC3CC3)cc2)c1. The van der Waals surface area contributed by atoms with E-state index < -0.39 is 15.9 Å². The highest BCUT2D eigenvalue weighted by atomic mass is 32.2. The summed E-state index contributed by atoms with van der Waals surface area (Å²) in [5.41, 5.74) is 1.84. The van der Waals surface area contributed by atoms with Crippen LogP contribution < -0.4 is 15.8 Å². The van der Waals surface area contributed by atoms with Gasteiger partial charge in [0.25, 0.3) is 5.91 Å². The molecule has 4 rings (SSSR count). The molecule has 0 saturated heterocycles. The number of nitrogens with one attached hydrogen (secondary N) is 2. The smallest absolute Gasteiger partial charge is 0.407 e. The molecule has 0 spiro atoms. The van der Waals surface area contributed by atoms with E-state index in [0.717, 1.165) is 24.8 Å². The van der Waals surface area contributed by atoms with Gasteiger partial charge in [-0.1, -0.05) is 18.2 Å². The summed E-state index contributed by atoms with van der Waals surface area (Å²) in [6.07, 6.45) is 2.77. The number of sulfonamides is 1. The molecule has 0 bridgehead atoms. The van der Waals surface area contributed by atoms with Crippen LogP contribution in [-0.4, -0.2) is 33.1 Å². The van der Waals surface area contributed by atoms with Crippen molar-refractivity contribution < 1.29 is 22.7 Å². The average molecular weight is 429 g/mol. The van der Waals surface area contributed by atoms with Crippen molar-refractivity contribution in [1.29, 1.82) is 0 Å². The van der Waals surface area contributed by atoms with Crippen molar-refractivity contribution in [2.75, 3.05) is 11.9 Å². The Morgan fingerprint density at radius 1 is 1.10 bits per heavy atom. The van der Waals surface area contributed by atoms with Gasteiger partial charge >= 0.3 is 6.09 Å². The number of carbonyl (C=O) groups excluding carboxylic acids is 2. The van der Waals surface area contributed by atoms with Gasteiger partial charge < -0.3 is 15.4 Å². The van der Waals surface area contributed by atoms with Gasteiger partial charge in [0.2, 0.25) is 10.0 Å². The third-order valence-corrected chi connectivity index (χ3v) is 6.17. The Bertz CT molecular complexity index is 1060. The summed E-state index contributed by atoms with van der Waals surface area (Å²) in [6, 6.07) is 13.0. The molecule has 2 aliphatic carbocycles. The summed E-state index contributed by atoms with van der Waals surface area (Å²) in [5.74, 6) is 0.336. The lowest BCUT2D eigenvalue weighted by molar-refractivity contribution is 0.102. The number of hydrogen-bond acceptors (Lipinski definition) is 5. The van der Waals surface area contributed by atoms with Crippen LogP contribution in [0.1, 0.15) is 41.1 Å². The maximum absolute atomic E-state index is 12.4. The number of carbonyl (C=O) groups is 2. The van der Waals surface area contributed by atoms with E-state index in [1.165, 1.54) is 24.3 Å². The average Bonchev–Trinajstić information content (AvgIpc) is 3.63. The largest absolute Gasteiger partial charge is 0.449 e. The summed E-state index contributed by atoms with van der Waals surface area (Å²) in [4.78, 5) is 24.1. The van der Waals surface area contributed by atoms with Crippen LogP contribution in [0.3, 0.4) is 0 Å². The van der Waals surface area contributed by atoms with Crippen molar-refractivity contribution in [3.8, 4) is 0 Å². The summed E-state index contributed by atoms with van der Waals surface area (Å²) >= 11 is 0. The fourth-order valence-electron chi connectivity index (χ4n) is 3.23. The normalized spacial score (nSPS) is 20.3. The van der Waals surface area contributed by atoms with E-state index in [2.05, 4.69) is 10.6 Å². The number of alkyl carbamates (subject to hydrolysis) is 1. The molecule has 0 heterocycles. The van der Waals surface area contributed by atoms with Gasteiger partial charge in [-0.15, -0.1) is 0 Å². The van der Waals surface area contributed by atoms with Crippen LogP contribution in [0, 0.1) is 5.92 Å². The minimum Gasteiger partial charge on any atom is -0.449 e. The number of rotatable bonds is 7. The Kier molecular flexibility index (Phi) is 5.48. The first-order valence-electron chi connectivity index (χ1n) is 9.77. The minimum absolute atomic E-state index is 0.0677. The van der Waals surface area contributed by atoms with E-state index in [-0.39, 0.29) is 28.5 Å². The number of anilines is 1. The highest BCUT2D eigenvalue weighted by molar-refractivity contribution is 7.89. The molecule has 2 saturated carbocycles. The van der Waals surface area contributed by atoms with E-state index in [1.54, 1.807) is 12.1 Å². The Morgan fingerprint density at radius 2 is 1.83 bits per heavy atom. The van der Waals surface area contributed by atoms with Gasteiger partial charge in [0.05, 0.1) is 11.5 Å². The van der Waals surface area contributed by atoms with Crippen molar-refractivity contribution in [2.24, 2.45) is 11.1 Å². The van der Waals surface area contributed by atoms with Crippen molar-refractivity contribution in [2.45, 2.75) is 36.1 Å². The predicted octanol–water partition coefficient (Wildman–Crippen LogP) is 2.58. The maximum atomic E-state index is 12.4. The highest BCUT2D eigenvalue weighted by Gasteiger charge is 2.40. The zero-order valence-corrected chi connectivity index (χ0v) is 17.0. The first kappa shape index (κ1) is 20.4. The second-order valence-electron chi connectivity index (χ2n) is 7.78. The van der Waals surface area contributed by atoms with Crippen molar-refractivity contribution in [3.05, 3.63) is 59.7 Å². The molecule has 0 unspecified atom stereocenters. The Hall–Kier alpha value is -2.91. The number of ether oxygens (including phenoxy) is 1. The molecule has 2 amide bonds. The van der Waals surface area contributed by atoms with Crippen LogP contribution in [0.15, 0.2) is 53.4 Å². The van der Waals surface area contributed by atoms with Gasteiger partial charge in [-0.25, -0.2) is 18.4 Å². The summed E-state index contributed by atoms with van der Waals surface area (Å²) < 4.78 is 28.1. The predicted molar refractivity (Wildman–Crippen MR) is 111 cm³/mol. The third-order valence-electron chi connectivity index (χ3n) is 5.26. The molecular formula is C21H23N3O5S. The molecule has 2 aromatic carbocycles. The number of primary sulfonamides is 1. The minimum atomic E-state index is -3.88. The fourth-order valence-corrected chi connectivity index (χ4v) is 3.78. The van der Waals surface area contributed by atoms with Crippen LogP contribution in [-0.2, 0) is 14.8 Å². The molecule has 2 fully saturated rings. The molecular weight excluding hydrogens is 406 g/mol. The van der Waals surface area contributed by atoms with E-state index in [4.69, 9.17) is 9.88 Å². The number of hydrogen-bond donors (Lipinski definition) is 3. The molecule has 4 N–H and O–H groups in total. The molecule has 0 aromatic heterocycles. The molecule has 8 nitrogen and oxygen atoms in total. The molecule has 2 aromatic rings. The summed E-state index contributed by atoms with van der Waals surface area (Å²) in [5, 5.41) is 10.7. The van der Waals surface area contributed by atoms with E-state index in [0.29, 0.717) is 18.2 Å². The topological polar surface area (TPSA) is 128 Å². The Morgan fingerprint density at radius 3 is 2.50 bits per heavy atom. The summed E-state index contributed by atoms with van der Waals surface area (Å²) in [7, 11) is -3.88. The maximum Gasteiger partial charge on any atom is 0.407 e. The molecule has 2 atom stereocenters. The van der Waals surface area contributed by atoms with E-state index in [9.17, 15) is 18.0 Å². The molecule has 158 valence electrons. The molecule has 0 radical (unpaired) electrons. The van der Waals surface area contributed by atoms with Crippen LogP contribution in [0.25, 0.3) is 0 Å². The van der Waals surface area contributed by atoms with Crippen LogP contribution in [0.2, 0.25) is 0 Å². The quantitative estimate of drug-likeness (QED) is 0.623. The lowest BCUT2D eigenvalue weighted by Gasteiger charge is -2.08. The first-order valence-corrected chi connectivity index (χ1v) is 11.3. The van der Waals surface area contributed by atoms with Crippen molar-refractivity contribution in [3.63, 3.8) is 0 Å². The fraction of sp³-hybridized carbons (Fsp3) is 0.333. The lowest BCUT2D eigenvalue weighted by Crippen LogP contribution is -2.28. The van der Waals surface area contributed by atoms with Gasteiger partial charge in [-0.2, -0.15) is 0 Å². The molecule has 0 aliphatic heterocycles. The van der Waals surface area contributed by atoms with E-state index >= 15 is 0 Å². The second-order valence-corrected chi connectivity index (χ2v) is 9.35.